The van der Waals surface area contributed by atoms with Gasteiger partial charge in [-0.15, -0.1) is 0 Å². The summed E-state index contributed by atoms with van der Waals surface area (Å²) in [6.07, 6.45) is 0. The summed E-state index contributed by atoms with van der Waals surface area (Å²) in [6, 6.07) is 12.1. The number of hydrazone groups is 1. The molecule has 0 atom stereocenters. The summed E-state index contributed by atoms with van der Waals surface area (Å²) in [5.74, 6) is -0.487. The van der Waals surface area contributed by atoms with Crippen molar-refractivity contribution in [3.63, 3.8) is 0 Å². The Bertz CT molecular complexity index is 780. The molecule has 6 heteroatoms. The molecular weight excluding hydrogens is 294 g/mol. The molecule has 2 rings (SSSR count). The number of carbonyl (C=O) groups is 1. The Kier molecular flexibility index (Phi) is 4.85. The Balaban J connectivity index is 2.16. The second kappa shape index (κ2) is 6.83. The number of hydrogen-bond donors (Lipinski definition) is 1. The molecule has 23 heavy (non-hydrogen) atoms. The van der Waals surface area contributed by atoms with E-state index in [1.54, 1.807) is 19.9 Å². The number of nitrogens with one attached hydrogen (secondary N) is 1. The first-order valence-electron chi connectivity index (χ1n) is 7.05. The average Bonchev–Trinajstić information content (AvgIpc) is 2.53. The minimum Gasteiger partial charge on any atom is -0.267 e. The maximum atomic E-state index is 12.1. The molecule has 0 radical (unpaired) electrons. The normalized spacial score (nSPS) is 11.2. The van der Waals surface area contributed by atoms with Crippen LogP contribution in [-0.2, 0) is 0 Å². The molecule has 0 unspecified atom stereocenters. The van der Waals surface area contributed by atoms with Gasteiger partial charge in [0.2, 0.25) is 0 Å². The maximum Gasteiger partial charge on any atom is 0.273 e. The van der Waals surface area contributed by atoms with Crippen molar-refractivity contribution >= 4 is 17.3 Å². The second-order valence-corrected chi connectivity index (χ2v) is 5.26. The van der Waals surface area contributed by atoms with Crippen molar-refractivity contribution in [3.05, 3.63) is 74.8 Å². The number of nitrogens with zero attached hydrogens (tertiary/aromatic N) is 2. The molecule has 0 heterocycles. The number of aryl methyl sites for hydroxylation is 2. The smallest absolute Gasteiger partial charge is 0.267 e. The zero-order chi connectivity index (χ0) is 17.0. The third-order valence-corrected chi connectivity index (χ3v) is 3.46. The summed E-state index contributed by atoms with van der Waals surface area (Å²) in [5.41, 5.74) is 5.72. The van der Waals surface area contributed by atoms with E-state index >= 15 is 0 Å². The summed E-state index contributed by atoms with van der Waals surface area (Å²) < 4.78 is 0. The highest BCUT2D eigenvalue weighted by atomic mass is 16.6. The molecule has 0 aliphatic heterocycles. The van der Waals surface area contributed by atoms with E-state index in [1.165, 1.54) is 12.1 Å². The topological polar surface area (TPSA) is 84.6 Å². The molecule has 0 saturated heterocycles. The molecule has 2 aromatic rings. The van der Waals surface area contributed by atoms with Crippen molar-refractivity contribution in [2.75, 3.05) is 0 Å². The minimum absolute atomic E-state index is 0.0862. The molecule has 0 aliphatic carbocycles. The zero-order valence-corrected chi connectivity index (χ0v) is 13.2. The number of nitro groups is 1. The zero-order valence-electron chi connectivity index (χ0n) is 13.2. The standard InChI is InChI=1S/C17H17N3O3/c1-11-4-7-14(8-5-11)13(3)18-19-17(21)15-9-6-12(2)16(10-15)20(22)23/h4-10H,1-3H3,(H,19,21)/b18-13+. The van der Waals surface area contributed by atoms with Crippen molar-refractivity contribution in [1.29, 1.82) is 0 Å². The fourth-order valence-electron chi connectivity index (χ4n) is 2.01. The van der Waals surface area contributed by atoms with E-state index in [4.69, 9.17) is 0 Å². The van der Waals surface area contributed by atoms with Crippen molar-refractivity contribution in [1.82, 2.24) is 5.43 Å². The van der Waals surface area contributed by atoms with E-state index in [-0.39, 0.29) is 11.3 Å². The molecule has 0 bridgehead atoms. The number of amides is 1. The second-order valence-electron chi connectivity index (χ2n) is 5.26. The highest BCUT2D eigenvalue weighted by Gasteiger charge is 2.14. The van der Waals surface area contributed by atoms with Crippen LogP contribution < -0.4 is 5.43 Å². The summed E-state index contributed by atoms with van der Waals surface area (Å²) in [6.45, 7) is 5.39. The van der Waals surface area contributed by atoms with Crippen molar-refractivity contribution in [2.24, 2.45) is 5.10 Å². The monoisotopic (exact) mass is 311 g/mol. The van der Waals surface area contributed by atoms with Crippen LogP contribution in [0, 0.1) is 24.0 Å². The minimum atomic E-state index is -0.507. The SMILES string of the molecule is C/C(=N\NC(=O)c1ccc(C)c([N+](=O)[O-])c1)c1ccc(C)cc1. The molecule has 0 fully saturated rings. The number of benzene rings is 2. The third-order valence-electron chi connectivity index (χ3n) is 3.46. The van der Waals surface area contributed by atoms with Crippen molar-refractivity contribution in [2.45, 2.75) is 20.8 Å². The van der Waals surface area contributed by atoms with Crippen LogP contribution in [-0.4, -0.2) is 16.5 Å². The van der Waals surface area contributed by atoms with E-state index in [0.29, 0.717) is 11.3 Å². The molecule has 1 N–H and O–H groups in total. The Morgan fingerprint density at radius 3 is 2.30 bits per heavy atom. The van der Waals surface area contributed by atoms with Gasteiger partial charge < -0.3 is 0 Å². The maximum absolute atomic E-state index is 12.1. The predicted octanol–water partition coefficient (Wildman–Crippen LogP) is 3.37. The first-order valence-corrected chi connectivity index (χ1v) is 7.05. The quantitative estimate of drug-likeness (QED) is 0.533. The molecule has 0 spiro atoms. The van der Waals surface area contributed by atoms with E-state index in [1.807, 2.05) is 31.2 Å². The van der Waals surface area contributed by atoms with Crippen LogP contribution in [0.3, 0.4) is 0 Å². The summed E-state index contributed by atoms with van der Waals surface area (Å²) >= 11 is 0. The lowest BCUT2D eigenvalue weighted by molar-refractivity contribution is -0.385. The third kappa shape index (κ3) is 4.00. The van der Waals surface area contributed by atoms with Crippen LogP contribution in [0.25, 0.3) is 0 Å². The highest BCUT2D eigenvalue weighted by molar-refractivity contribution is 6.01. The van der Waals surface area contributed by atoms with Gasteiger partial charge in [-0.25, -0.2) is 5.43 Å². The van der Waals surface area contributed by atoms with Crippen LogP contribution >= 0.6 is 0 Å². The number of rotatable bonds is 4. The Labute approximate surface area is 134 Å². The molecule has 6 nitrogen and oxygen atoms in total. The summed E-state index contributed by atoms with van der Waals surface area (Å²) in [4.78, 5) is 22.5. The van der Waals surface area contributed by atoms with Gasteiger partial charge in [-0.3, -0.25) is 14.9 Å². The molecule has 0 saturated carbocycles. The first-order chi connectivity index (χ1) is 10.9. The average molecular weight is 311 g/mol. The Hall–Kier alpha value is -3.02. The van der Waals surface area contributed by atoms with Gasteiger partial charge in [0.25, 0.3) is 11.6 Å². The van der Waals surface area contributed by atoms with Gasteiger partial charge in [-0.2, -0.15) is 5.10 Å². The van der Waals surface area contributed by atoms with Crippen LogP contribution in [0.4, 0.5) is 5.69 Å². The molecule has 118 valence electrons. The van der Waals surface area contributed by atoms with E-state index in [2.05, 4.69) is 10.5 Å². The lowest BCUT2D eigenvalue weighted by atomic mass is 10.1. The predicted molar refractivity (Wildman–Crippen MR) is 88.7 cm³/mol. The van der Waals surface area contributed by atoms with Gasteiger partial charge in [-0.05, 0) is 32.4 Å². The van der Waals surface area contributed by atoms with Gasteiger partial charge in [0.1, 0.15) is 0 Å². The number of hydrogen-bond acceptors (Lipinski definition) is 4. The van der Waals surface area contributed by atoms with Gasteiger partial charge >= 0.3 is 0 Å². The molecule has 0 aromatic heterocycles. The molecular formula is C17H17N3O3. The lowest BCUT2D eigenvalue weighted by Crippen LogP contribution is -2.19. The number of nitro benzene ring substituents is 1. The molecule has 2 aromatic carbocycles. The van der Waals surface area contributed by atoms with E-state index < -0.39 is 10.8 Å². The Morgan fingerprint density at radius 2 is 1.70 bits per heavy atom. The first kappa shape index (κ1) is 16.4. The van der Waals surface area contributed by atoms with E-state index in [9.17, 15) is 14.9 Å². The van der Waals surface area contributed by atoms with Crippen LogP contribution in [0.2, 0.25) is 0 Å². The van der Waals surface area contributed by atoms with Crippen LogP contribution in [0.1, 0.15) is 34.0 Å². The molecule has 0 aliphatic rings. The largest absolute Gasteiger partial charge is 0.273 e. The van der Waals surface area contributed by atoms with Crippen LogP contribution in [0.15, 0.2) is 47.6 Å². The fraction of sp³-hybridized carbons (Fsp3) is 0.176. The van der Waals surface area contributed by atoms with Crippen molar-refractivity contribution in [3.8, 4) is 0 Å². The van der Waals surface area contributed by atoms with Gasteiger partial charge in [-0.1, -0.05) is 35.9 Å². The van der Waals surface area contributed by atoms with Gasteiger partial charge in [0, 0.05) is 17.2 Å². The van der Waals surface area contributed by atoms with Crippen LogP contribution in [0.5, 0.6) is 0 Å². The van der Waals surface area contributed by atoms with Gasteiger partial charge in [0.05, 0.1) is 10.6 Å². The molecule has 1 amide bonds. The number of carbonyl (C=O) groups excluding carboxylic acids is 1. The Morgan fingerprint density at radius 1 is 1.09 bits per heavy atom. The highest BCUT2D eigenvalue weighted by Crippen LogP contribution is 2.19. The van der Waals surface area contributed by atoms with E-state index in [0.717, 1.165) is 11.1 Å². The van der Waals surface area contributed by atoms with Gasteiger partial charge in [0.15, 0.2) is 0 Å². The fourth-order valence-corrected chi connectivity index (χ4v) is 2.01. The summed E-state index contributed by atoms with van der Waals surface area (Å²) in [5, 5.41) is 15.0. The summed E-state index contributed by atoms with van der Waals surface area (Å²) in [7, 11) is 0. The van der Waals surface area contributed by atoms with Crippen molar-refractivity contribution < 1.29 is 9.72 Å². The lowest BCUT2D eigenvalue weighted by Gasteiger charge is -2.04.